The summed E-state index contributed by atoms with van der Waals surface area (Å²) in [6.45, 7) is 1.10. The van der Waals surface area contributed by atoms with Crippen molar-refractivity contribution in [1.82, 2.24) is 4.31 Å². The number of nitrogen functional groups attached to an aromatic ring is 1. The van der Waals surface area contributed by atoms with E-state index >= 15 is 0 Å². The van der Waals surface area contributed by atoms with Gasteiger partial charge in [-0.05, 0) is 6.92 Å². The summed E-state index contributed by atoms with van der Waals surface area (Å²) in [5.41, 5.74) is 4.20. The first-order valence-electron chi connectivity index (χ1n) is 5.45. The number of nitrogens with two attached hydrogens (primary N) is 1. The van der Waals surface area contributed by atoms with Gasteiger partial charge in [0.1, 0.15) is 4.90 Å². The van der Waals surface area contributed by atoms with Crippen LogP contribution >= 0.6 is 0 Å². The number of halogens is 1. The third kappa shape index (κ3) is 3.21. The third-order valence-corrected chi connectivity index (χ3v) is 4.37. The Morgan fingerprint density at radius 2 is 2.10 bits per heavy atom. The van der Waals surface area contributed by atoms with Crippen molar-refractivity contribution in [3.63, 3.8) is 0 Å². The summed E-state index contributed by atoms with van der Waals surface area (Å²) in [6.07, 6.45) is -0.961. The Balaban J connectivity index is 3.36. The minimum atomic E-state index is -4.29. The smallest absolute Gasteiger partial charge is 0.274 e. The molecule has 20 heavy (non-hydrogen) atoms. The second-order valence-electron chi connectivity index (χ2n) is 4.24. The number of benzene rings is 1. The third-order valence-electron chi connectivity index (χ3n) is 2.46. The number of aliphatic hydroxyl groups is 1. The van der Waals surface area contributed by atoms with E-state index in [-0.39, 0.29) is 6.54 Å². The highest BCUT2D eigenvalue weighted by atomic mass is 32.2. The molecule has 3 N–H and O–H groups in total. The van der Waals surface area contributed by atoms with Crippen molar-refractivity contribution >= 4 is 21.4 Å². The number of nitro groups is 1. The summed E-state index contributed by atoms with van der Waals surface area (Å²) in [4.78, 5) is 8.82. The average molecular weight is 307 g/mol. The van der Waals surface area contributed by atoms with Crippen molar-refractivity contribution in [2.45, 2.75) is 17.9 Å². The van der Waals surface area contributed by atoms with Crippen LogP contribution in [0.5, 0.6) is 0 Å². The number of hydrogen-bond acceptors (Lipinski definition) is 6. The number of nitrogens with zero attached hydrogens (tertiary/aromatic N) is 2. The average Bonchev–Trinajstić information content (AvgIpc) is 2.26. The van der Waals surface area contributed by atoms with E-state index in [1.807, 2.05) is 0 Å². The van der Waals surface area contributed by atoms with Crippen molar-refractivity contribution in [2.75, 3.05) is 19.3 Å². The molecule has 1 aromatic carbocycles. The zero-order chi connectivity index (χ0) is 15.7. The lowest BCUT2D eigenvalue weighted by Crippen LogP contribution is -2.34. The van der Waals surface area contributed by atoms with Crippen molar-refractivity contribution in [1.29, 1.82) is 0 Å². The molecule has 8 nitrogen and oxygen atoms in total. The van der Waals surface area contributed by atoms with E-state index in [0.717, 1.165) is 17.4 Å². The molecule has 0 bridgehead atoms. The molecule has 1 unspecified atom stereocenters. The van der Waals surface area contributed by atoms with Crippen LogP contribution < -0.4 is 5.73 Å². The maximum Gasteiger partial charge on any atom is 0.274 e. The summed E-state index contributed by atoms with van der Waals surface area (Å²) >= 11 is 0. The van der Waals surface area contributed by atoms with Crippen LogP contribution in [0, 0.1) is 15.9 Å². The van der Waals surface area contributed by atoms with Crippen LogP contribution in [0.4, 0.5) is 15.8 Å². The van der Waals surface area contributed by atoms with Crippen molar-refractivity contribution in [2.24, 2.45) is 0 Å². The summed E-state index contributed by atoms with van der Waals surface area (Å²) < 4.78 is 38.8. The predicted octanol–water partition coefficient (Wildman–Crippen LogP) is 0.317. The van der Waals surface area contributed by atoms with Crippen LogP contribution in [0.2, 0.25) is 0 Å². The minimum absolute atomic E-state index is 0.266. The van der Waals surface area contributed by atoms with Gasteiger partial charge in [-0.1, -0.05) is 0 Å². The Bertz CT molecular complexity index is 609. The number of rotatable bonds is 5. The monoisotopic (exact) mass is 307 g/mol. The van der Waals surface area contributed by atoms with Gasteiger partial charge in [0, 0.05) is 19.7 Å². The van der Waals surface area contributed by atoms with E-state index in [2.05, 4.69) is 0 Å². The van der Waals surface area contributed by atoms with Crippen LogP contribution in [0.3, 0.4) is 0 Å². The Labute approximate surface area is 114 Å². The maximum atomic E-state index is 13.8. The quantitative estimate of drug-likeness (QED) is 0.458. The number of aliphatic hydroxyl groups excluding tert-OH is 1. The maximum absolute atomic E-state index is 13.8. The zero-order valence-electron chi connectivity index (χ0n) is 10.8. The molecule has 0 radical (unpaired) electrons. The molecule has 0 aromatic heterocycles. The summed E-state index contributed by atoms with van der Waals surface area (Å²) in [5.74, 6) is -1.31. The molecule has 0 amide bonds. The zero-order valence-corrected chi connectivity index (χ0v) is 11.6. The largest absolute Gasteiger partial charge is 0.397 e. The van der Waals surface area contributed by atoms with Gasteiger partial charge in [0.05, 0.1) is 22.8 Å². The Morgan fingerprint density at radius 3 is 2.50 bits per heavy atom. The van der Waals surface area contributed by atoms with Crippen LogP contribution in [0.1, 0.15) is 6.92 Å². The highest BCUT2D eigenvalue weighted by molar-refractivity contribution is 7.89. The fraction of sp³-hybridized carbons (Fsp3) is 0.400. The number of likely N-dealkylation sites (N-methyl/N-ethyl adjacent to an activating group) is 1. The standard InChI is InChI=1S/C10H14FN3O5S/c1-6(15)5-13(2)20(18,19)10-8(11)3-7(14(16)17)4-9(10)12/h3-4,6,15H,5,12H2,1-2H3. The number of non-ortho nitro benzene ring substituents is 1. The molecular formula is C10H14FN3O5S. The van der Waals surface area contributed by atoms with E-state index in [1.54, 1.807) is 0 Å². The van der Waals surface area contributed by atoms with Crippen LogP contribution in [-0.4, -0.2) is 42.4 Å². The SMILES string of the molecule is CC(O)CN(C)S(=O)(=O)c1c(N)cc([N+](=O)[O-])cc1F. The molecule has 0 saturated carbocycles. The topological polar surface area (TPSA) is 127 Å². The number of anilines is 1. The molecule has 0 saturated heterocycles. The molecule has 1 atom stereocenters. The second kappa shape index (κ2) is 5.69. The Morgan fingerprint density at radius 1 is 1.55 bits per heavy atom. The van der Waals surface area contributed by atoms with Gasteiger partial charge in [-0.2, -0.15) is 4.31 Å². The number of nitro benzene ring substituents is 1. The van der Waals surface area contributed by atoms with E-state index in [1.165, 1.54) is 6.92 Å². The first-order valence-corrected chi connectivity index (χ1v) is 6.89. The molecule has 0 fully saturated rings. The molecular weight excluding hydrogens is 293 g/mol. The van der Waals surface area contributed by atoms with Crippen LogP contribution in [0.25, 0.3) is 0 Å². The lowest BCUT2D eigenvalue weighted by Gasteiger charge is -2.19. The summed E-state index contributed by atoms with van der Waals surface area (Å²) in [7, 11) is -3.15. The van der Waals surface area contributed by atoms with Crippen molar-refractivity contribution in [3.8, 4) is 0 Å². The number of hydrogen-bond donors (Lipinski definition) is 2. The van der Waals surface area contributed by atoms with Gasteiger partial charge in [0.2, 0.25) is 10.0 Å². The molecule has 0 aliphatic heterocycles. The molecule has 0 spiro atoms. The van der Waals surface area contributed by atoms with Gasteiger partial charge in [-0.25, -0.2) is 12.8 Å². The van der Waals surface area contributed by atoms with Crippen molar-refractivity contribution in [3.05, 3.63) is 28.1 Å². The van der Waals surface area contributed by atoms with Crippen LogP contribution in [0.15, 0.2) is 17.0 Å². The first-order chi connectivity index (χ1) is 9.07. The van der Waals surface area contributed by atoms with E-state index in [9.17, 15) is 22.9 Å². The van der Waals surface area contributed by atoms with Crippen LogP contribution in [-0.2, 0) is 10.0 Å². The minimum Gasteiger partial charge on any atom is -0.397 e. The van der Waals surface area contributed by atoms with Gasteiger partial charge >= 0.3 is 0 Å². The molecule has 1 aromatic rings. The fourth-order valence-corrected chi connectivity index (χ4v) is 2.99. The highest BCUT2D eigenvalue weighted by Crippen LogP contribution is 2.29. The van der Waals surface area contributed by atoms with E-state index < -0.39 is 43.1 Å². The van der Waals surface area contributed by atoms with Crippen molar-refractivity contribution < 1.29 is 22.8 Å². The molecule has 0 heterocycles. The molecule has 1 rings (SSSR count). The fourth-order valence-electron chi connectivity index (χ4n) is 1.60. The Kier molecular flexibility index (Phi) is 4.63. The number of sulfonamides is 1. The normalized spacial score (nSPS) is 13.4. The lowest BCUT2D eigenvalue weighted by atomic mass is 10.3. The molecule has 0 aliphatic rings. The first kappa shape index (κ1) is 16.3. The van der Waals surface area contributed by atoms with Gasteiger partial charge in [0.15, 0.2) is 5.82 Å². The van der Waals surface area contributed by atoms with Gasteiger partial charge in [-0.15, -0.1) is 0 Å². The Hall–Kier alpha value is -1.78. The predicted molar refractivity (Wildman–Crippen MR) is 69.0 cm³/mol. The van der Waals surface area contributed by atoms with Gasteiger partial charge in [0.25, 0.3) is 5.69 Å². The highest BCUT2D eigenvalue weighted by Gasteiger charge is 2.29. The summed E-state index contributed by atoms with van der Waals surface area (Å²) in [6, 6.07) is 1.26. The van der Waals surface area contributed by atoms with Gasteiger partial charge < -0.3 is 10.8 Å². The second-order valence-corrected chi connectivity index (χ2v) is 6.22. The van der Waals surface area contributed by atoms with Gasteiger partial charge in [-0.3, -0.25) is 10.1 Å². The molecule has 0 aliphatic carbocycles. The summed E-state index contributed by atoms with van der Waals surface area (Å²) in [5, 5.41) is 19.7. The molecule has 10 heteroatoms. The molecule has 112 valence electrons. The lowest BCUT2D eigenvalue weighted by molar-refractivity contribution is -0.385. The van der Waals surface area contributed by atoms with E-state index in [0.29, 0.717) is 6.07 Å². The van der Waals surface area contributed by atoms with E-state index in [4.69, 9.17) is 10.8 Å².